The van der Waals surface area contributed by atoms with Gasteiger partial charge in [-0.25, -0.2) is 4.79 Å². The maximum absolute atomic E-state index is 11.5. The first-order valence-electron chi connectivity index (χ1n) is 6.74. The van der Waals surface area contributed by atoms with Gasteiger partial charge in [0.1, 0.15) is 0 Å². The average Bonchev–Trinajstić information content (AvgIpc) is 2.37. The number of benzene rings is 1. The van der Waals surface area contributed by atoms with Crippen LogP contribution in [0.4, 0.5) is 4.79 Å². The zero-order valence-corrected chi connectivity index (χ0v) is 12.5. The van der Waals surface area contributed by atoms with Gasteiger partial charge in [-0.05, 0) is 32.8 Å². The minimum Gasteiger partial charge on any atom is -0.366 e. The van der Waals surface area contributed by atoms with E-state index in [1.54, 1.807) is 20.9 Å². The third-order valence-corrected chi connectivity index (χ3v) is 2.88. The van der Waals surface area contributed by atoms with E-state index in [1.165, 1.54) is 0 Å². The van der Waals surface area contributed by atoms with Crippen molar-refractivity contribution < 1.29 is 14.6 Å². The standard InChI is InChI=1S/C15H24N2O3/c1-11(20-15(2,3)19)13(17-14(18)16-4)10-12-8-6-5-7-9-12/h5-9,11,13,19H,10H2,1-4H3,(H2,16,17,18). The Morgan fingerprint density at radius 2 is 1.95 bits per heavy atom. The first kappa shape index (κ1) is 16.5. The van der Waals surface area contributed by atoms with Crippen molar-refractivity contribution in [3.63, 3.8) is 0 Å². The van der Waals surface area contributed by atoms with Gasteiger partial charge in [-0.3, -0.25) is 0 Å². The van der Waals surface area contributed by atoms with E-state index in [4.69, 9.17) is 4.74 Å². The Hall–Kier alpha value is -1.59. The summed E-state index contributed by atoms with van der Waals surface area (Å²) in [5.74, 6) is -1.24. The average molecular weight is 280 g/mol. The summed E-state index contributed by atoms with van der Waals surface area (Å²) in [6.07, 6.45) is 0.304. The van der Waals surface area contributed by atoms with E-state index in [9.17, 15) is 9.90 Å². The number of aliphatic hydroxyl groups is 1. The normalized spacial score (nSPS) is 14.4. The minimum absolute atomic E-state index is 0.233. The Balaban J connectivity index is 2.76. The number of urea groups is 1. The van der Waals surface area contributed by atoms with E-state index in [0.29, 0.717) is 6.42 Å². The second-order valence-electron chi connectivity index (χ2n) is 5.29. The molecule has 112 valence electrons. The first-order valence-corrected chi connectivity index (χ1v) is 6.74. The summed E-state index contributed by atoms with van der Waals surface area (Å²) < 4.78 is 5.53. The summed E-state index contributed by atoms with van der Waals surface area (Å²) in [6.45, 7) is 4.98. The summed E-state index contributed by atoms with van der Waals surface area (Å²) >= 11 is 0. The van der Waals surface area contributed by atoms with Gasteiger partial charge in [-0.1, -0.05) is 30.3 Å². The maximum Gasteiger partial charge on any atom is 0.314 e. The van der Waals surface area contributed by atoms with Crippen LogP contribution in [-0.2, 0) is 11.2 Å². The highest BCUT2D eigenvalue weighted by Crippen LogP contribution is 2.14. The lowest BCUT2D eigenvalue weighted by molar-refractivity contribution is -0.206. The van der Waals surface area contributed by atoms with Crippen LogP contribution in [0.15, 0.2) is 30.3 Å². The van der Waals surface area contributed by atoms with E-state index < -0.39 is 5.79 Å². The molecular weight excluding hydrogens is 256 g/mol. The molecule has 0 saturated carbocycles. The number of amides is 2. The predicted molar refractivity (Wildman–Crippen MR) is 78.4 cm³/mol. The molecular formula is C15H24N2O3. The number of rotatable bonds is 6. The van der Waals surface area contributed by atoms with Crippen molar-refractivity contribution in [2.75, 3.05) is 7.05 Å². The summed E-state index contributed by atoms with van der Waals surface area (Å²) in [5.41, 5.74) is 1.10. The summed E-state index contributed by atoms with van der Waals surface area (Å²) in [6, 6.07) is 9.34. The number of hydrogen-bond acceptors (Lipinski definition) is 3. The molecule has 3 N–H and O–H groups in total. The van der Waals surface area contributed by atoms with Gasteiger partial charge in [0.25, 0.3) is 0 Å². The molecule has 1 aromatic carbocycles. The molecule has 0 fully saturated rings. The van der Waals surface area contributed by atoms with Gasteiger partial charge in [-0.15, -0.1) is 0 Å². The fraction of sp³-hybridized carbons (Fsp3) is 0.533. The van der Waals surface area contributed by atoms with Crippen LogP contribution in [0, 0.1) is 0 Å². The molecule has 2 unspecified atom stereocenters. The van der Waals surface area contributed by atoms with Gasteiger partial charge in [0.15, 0.2) is 5.79 Å². The molecule has 5 nitrogen and oxygen atoms in total. The van der Waals surface area contributed by atoms with E-state index in [2.05, 4.69) is 10.6 Å². The van der Waals surface area contributed by atoms with E-state index in [1.807, 2.05) is 37.3 Å². The molecule has 0 aliphatic heterocycles. The van der Waals surface area contributed by atoms with Gasteiger partial charge in [0.2, 0.25) is 0 Å². The molecule has 0 aliphatic carbocycles. The topological polar surface area (TPSA) is 70.6 Å². The Morgan fingerprint density at radius 3 is 2.45 bits per heavy atom. The molecule has 2 atom stereocenters. The van der Waals surface area contributed by atoms with Crippen molar-refractivity contribution in [1.82, 2.24) is 10.6 Å². The quantitative estimate of drug-likeness (QED) is 0.694. The van der Waals surface area contributed by atoms with Gasteiger partial charge >= 0.3 is 6.03 Å². The number of carbonyl (C=O) groups excluding carboxylic acids is 1. The van der Waals surface area contributed by atoms with E-state index in [0.717, 1.165) is 5.56 Å². The molecule has 20 heavy (non-hydrogen) atoms. The fourth-order valence-corrected chi connectivity index (χ4v) is 1.98. The molecule has 0 heterocycles. The highest BCUT2D eigenvalue weighted by Gasteiger charge is 2.25. The number of ether oxygens (including phenoxy) is 1. The predicted octanol–water partition coefficient (Wildman–Crippen LogP) is 1.66. The number of carbonyl (C=O) groups is 1. The van der Waals surface area contributed by atoms with Crippen molar-refractivity contribution in [2.45, 2.75) is 45.1 Å². The van der Waals surface area contributed by atoms with Crippen LogP contribution in [0.1, 0.15) is 26.3 Å². The van der Waals surface area contributed by atoms with Crippen LogP contribution in [-0.4, -0.2) is 36.1 Å². The van der Waals surface area contributed by atoms with Gasteiger partial charge in [-0.2, -0.15) is 0 Å². The summed E-state index contributed by atoms with van der Waals surface area (Å²) in [5, 5.41) is 15.1. The monoisotopic (exact) mass is 280 g/mol. The number of nitrogens with one attached hydrogen (secondary N) is 2. The van der Waals surface area contributed by atoms with Crippen molar-refractivity contribution in [3.05, 3.63) is 35.9 Å². The molecule has 1 rings (SSSR count). The smallest absolute Gasteiger partial charge is 0.314 e. The van der Waals surface area contributed by atoms with Gasteiger partial charge in [0, 0.05) is 7.05 Å². The second kappa shape index (κ2) is 7.26. The molecule has 0 radical (unpaired) electrons. The molecule has 0 bridgehead atoms. The molecule has 5 heteroatoms. The van der Waals surface area contributed by atoms with Crippen molar-refractivity contribution in [3.8, 4) is 0 Å². The maximum atomic E-state index is 11.5. The Labute approximate surface area is 120 Å². The zero-order valence-electron chi connectivity index (χ0n) is 12.5. The number of hydrogen-bond donors (Lipinski definition) is 3. The molecule has 2 amide bonds. The van der Waals surface area contributed by atoms with Crippen LogP contribution in [0.25, 0.3) is 0 Å². The van der Waals surface area contributed by atoms with E-state index >= 15 is 0 Å². The first-order chi connectivity index (χ1) is 9.31. The lowest BCUT2D eigenvalue weighted by Crippen LogP contribution is -2.49. The van der Waals surface area contributed by atoms with Crippen LogP contribution in [0.3, 0.4) is 0 Å². The van der Waals surface area contributed by atoms with Crippen LogP contribution < -0.4 is 10.6 Å². The fourth-order valence-electron chi connectivity index (χ4n) is 1.98. The summed E-state index contributed by atoms with van der Waals surface area (Å²) in [4.78, 5) is 11.5. The SMILES string of the molecule is CNC(=O)NC(Cc1ccccc1)C(C)OC(C)(C)O. The van der Waals surface area contributed by atoms with E-state index in [-0.39, 0.29) is 18.2 Å². The Bertz CT molecular complexity index is 415. The molecule has 0 aliphatic rings. The third kappa shape index (κ3) is 6.04. The highest BCUT2D eigenvalue weighted by molar-refractivity contribution is 5.73. The summed E-state index contributed by atoms with van der Waals surface area (Å²) in [7, 11) is 1.57. The Morgan fingerprint density at radius 1 is 1.35 bits per heavy atom. The minimum atomic E-state index is -1.24. The van der Waals surface area contributed by atoms with Crippen LogP contribution in [0.5, 0.6) is 0 Å². The van der Waals surface area contributed by atoms with Gasteiger partial charge < -0.3 is 20.5 Å². The largest absolute Gasteiger partial charge is 0.366 e. The molecule has 0 aromatic heterocycles. The highest BCUT2D eigenvalue weighted by atomic mass is 16.6. The lowest BCUT2D eigenvalue weighted by Gasteiger charge is -2.30. The third-order valence-electron chi connectivity index (χ3n) is 2.88. The van der Waals surface area contributed by atoms with Crippen LogP contribution >= 0.6 is 0 Å². The van der Waals surface area contributed by atoms with Crippen molar-refractivity contribution in [2.24, 2.45) is 0 Å². The second-order valence-corrected chi connectivity index (χ2v) is 5.29. The molecule has 0 saturated heterocycles. The van der Waals surface area contributed by atoms with Gasteiger partial charge in [0.05, 0.1) is 12.1 Å². The molecule has 0 spiro atoms. The van der Waals surface area contributed by atoms with Crippen LogP contribution in [0.2, 0.25) is 0 Å². The van der Waals surface area contributed by atoms with Crippen molar-refractivity contribution >= 4 is 6.03 Å². The van der Waals surface area contributed by atoms with Crippen molar-refractivity contribution in [1.29, 1.82) is 0 Å². The Kier molecular flexibility index (Phi) is 5.98. The lowest BCUT2D eigenvalue weighted by atomic mass is 10.0. The zero-order chi connectivity index (χ0) is 15.2. The molecule has 1 aromatic rings.